The Morgan fingerprint density at radius 2 is 1.08 bits per heavy atom. The van der Waals surface area contributed by atoms with Gasteiger partial charge in [0.25, 0.3) is 0 Å². The molecule has 0 radical (unpaired) electrons. The molecule has 0 bridgehead atoms. The van der Waals surface area contributed by atoms with Crippen molar-refractivity contribution in [3.63, 3.8) is 0 Å². The van der Waals surface area contributed by atoms with Gasteiger partial charge < -0.3 is 9.13 Å². The minimum atomic E-state index is -0.119. The zero-order valence-corrected chi connectivity index (χ0v) is 36.3. The molecule has 1 unspecified atom stereocenters. The van der Waals surface area contributed by atoms with E-state index in [2.05, 4.69) is 235 Å². The molecule has 11 aromatic rings. The quantitative estimate of drug-likeness (QED) is 0.167. The van der Waals surface area contributed by atoms with Crippen LogP contribution in [0.3, 0.4) is 0 Å². The Morgan fingerprint density at radius 1 is 0.477 bits per heavy atom. The molecule has 0 amide bonds. The Bertz CT molecular complexity index is 3820. The van der Waals surface area contributed by atoms with Gasteiger partial charge in [-0.1, -0.05) is 172 Å². The highest BCUT2D eigenvalue weighted by Gasteiger charge is 2.35. The van der Waals surface area contributed by atoms with Crippen LogP contribution in [0.1, 0.15) is 42.9 Å². The topological polar surface area (TPSA) is 35.6 Å². The number of hydrogen-bond acceptors (Lipinski definition) is 2. The first kappa shape index (κ1) is 37.5. The summed E-state index contributed by atoms with van der Waals surface area (Å²) in [5, 5.41) is 6.45. The fourth-order valence-corrected chi connectivity index (χ4v) is 11.0. The van der Waals surface area contributed by atoms with Crippen molar-refractivity contribution >= 4 is 44.9 Å². The molecule has 0 saturated heterocycles. The van der Waals surface area contributed by atoms with Gasteiger partial charge in [0.05, 0.1) is 27.9 Å². The molecule has 0 spiro atoms. The predicted octanol–water partition coefficient (Wildman–Crippen LogP) is 13.6. The van der Waals surface area contributed by atoms with E-state index in [0.717, 1.165) is 46.0 Å². The summed E-state index contributed by atoms with van der Waals surface area (Å²) in [7, 11) is 0. The fourth-order valence-electron chi connectivity index (χ4n) is 11.0. The van der Waals surface area contributed by atoms with Gasteiger partial charge in [0.2, 0.25) is 0 Å². The Kier molecular flexibility index (Phi) is 8.35. The number of nitrogens with zero attached hydrogens (tertiary/aromatic N) is 4. The van der Waals surface area contributed by atoms with Gasteiger partial charge in [0.15, 0.2) is 5.82 Å². The third-order valence-corrected chi connectivity index (χ3v) is 14.1. The van der Waals surface area contributed by atoms with E-state index < -0.39 is 0 Å². The molecule has 0 fully saturated rings. The van der Waals surface area contributed by atoms with Crippen LogP contribution < -0.4 is 10.6 Å². The first-order chi connectivity index (χ1) is 32.0. The number of aromatic nitrogens is 4. The summed E-state index contributed by atoms with van der Waals surface area (Å²) in [5.74, 6) is 0.948. The molecule has 2 aliphatic rings. The smallest absolute Gasteiger partial charge is 0.160 e. The van der Waals surface area contributed by atoms with Gasteiger partial charge in [0.1, 0.15) is 0 Å². The molecular weight excluding hydrogens is 789 g/mol. The van der Waals surface area contributed by atoms with E-state index in [1.54, 1.807) is 0 Å². The van der Waals surface area contributed by atoms with E-state index >= 15 is 0 Å². The fraction of sp³-hybridized carbons (Fsp3) is 0.0820. The maximum atomic E-state index is 5.31. The second kappa shape index (κ2) is 14.5. The predicted molar refractivity (Wildman–Crippen MR) is 269 cm³/mol. The molecule has 3 heterocycles. The van der Waals surface area contributed by atoms with Gasteiger partial charge in [-0.15, -0.1) is 0 Å². The van der Waals surface area contributed by atoms with Crippen LogP contribution in [0, 0.1) is 0 Å². The number of para-hydroxylation sites is 3. The highest BCUT2D eigenvalue weighted by molar-refractivity contribution is 6.11. The second-order valence-electron chi connectivity index (χ2n) is 18.1. The van der Waals surface area contributed by atoms with Crippen LogP contribution in [-0.2, 0) is 5.41 Å². The summed E-state index contributed by atoms with van der Waals surface area (Å²) in [6, 6.07) is 72.4. The summed E-state index contributed by atoms with van der Waals surface area (Å²) in [6.07, 6.45) is 5.90. The van der Waals surface area contributed by atoms with Crippen molar-refractivity contribution < 1.29 is 0 Å². The molecule has 308 valence electrons. The average molecular weight is 833 g/mol. The highest BCUT2D eigenvalue weighted by Crippen LogP contribution is 2.49. The van der Waals surface area contributed by atoms with Crippen molar-refractivity contribution in [2.75, 3.05) is 0 Å². The lowest BCUT2D eigenvalue weighted by Crippen LogP contribution is -2.31. The Labute approximate surface area is 377 Å². The summed E-state index contributed by atoms with van der Waals surface area (Å²) >= 11 is 0. The minimum Gasteiger partial charge on any atom is -0.310 e. The summed E-state index contributed by atoms with van der Waals surface area (Å²) < 4.78 is 4.85. The minimum absolute atomic E-state index is 0.119. The molecule has 4 nitrogen and oxygen atoms in total. The molecule has 3 aromatic heterocycles. The largest absolute Gasteiger partial charge is 0.310 e. The van der Waals surface area contributed by atoms with Gasteiger partial charge in [-0.2, -0.15) is 0 Å². The zero-order valence-electron chi connectivity index (χ0n) is 36.3. The lowest BCUT2D eigenvalue weighted by molar-refractivity contribution is 0.660. The van der Waals surface area contributed by atoms with Gasteiger partial charge in [-0.05, 0) is 88.8 Å². The third-order valence-electron chi connectivity index (χ3n) is 14.1. The molecule has 0 aliphatic heterocycles. The van der Waals surface area contributed by atoms with Crippen molar-refractivity contribution in [3.8, 4) is 56.4 Å². The normalized spacial score (nSPS) is 14.8. The molecule has 1 atom stereocenters. The molecule has 0 N–H and O–H groups in total. The van der Waals surface area contributed by atoms with Crippen LogP contribution in [-0.4, -0.2) is 19.1 Å². The Hall–Kier alpha value is -8.08. The van der Waals surface area contributed by atoms with Crippen molar-refractivity contribution in [3.05, 3.63) is 227 Å². The van der Waals surface area contributed by atoms with E-state index in [0.29, 0.717) is 0 Å². The van der Waals surface area contributed by atoms with E-state index in [1.807, 2.05) is 0 Å². The van der Waals surface area contributed by atoms with Crippen LogP contribution in [0.4, 0.5) is 0 Å². The van der Waals surface area contributed by atoms with E-state index in [4.69, 9.17) is 9.97 Å². The number of fused-ring (bicyclic) bond motifs is 9. The van der Waals surface area contributed by atoms with Gasteiger partial charge >= 0.3 is 0 Å². The first-order valence-electron chi connectivity index (χ1n) is 22.7. The third kappa shape index (κ3) is 5.84. The van der Waals surface area contributed by atoms with E-state index in [1.165, 1.54) is 76.8 Å². The van der Waals surface area contributed by atoms with E-state index in [9.17, 15) is 0 Å². The molecule has 8 aromatic carbocycles. The van der Waals surface area contributed by atoms with Gasteiger partial charge in [-0.3, -0.25) is 0 Å². The van der Waals surface area contributed by atoms with Crippen LogP contribution in [0.25, 0.3) is 101 Å². The highest BCUT2D eigenvalue weighted by atomic mass is 15.0. The molecule has 65 heavy (non-hydrogen) atoms. The molecule has 13 rings (SSSR count). The van der Waals surface area contributed by atoms with E-state index in [-0.39, 0.29) is 11.3 Å². The molecule has 4 heteroatoms. The monoisotopic (exact) mass is 832 g/mol. The lowest BCUT2D eigenvalue weighted by Gasteiger charge is -2.21. The van der Waals surface area contributed by atoms with Gasteiger partial charge in [0, 0.05) is 66.1 Å². The van der Waals surface area contributed by atoms with Crippen molar-refractivity contribution in [2.24, 2.45) is 0 Å². The zero-order chi connectivity index (χ0) is 43.2. The maximum absolute atomic E-state index is 5.31. The Morgan fingerprint density at radius 3 is 1.86 bits per heavy atom. The number of rotatable bonds is 6. The van der Waals surface area contributed by atoms with Crippen LogP contribution in [0.5, 0.6) is 0 Å². The molecule has 0 saturated carbocycles. The van der Waals surface area contributed by atoms with Gasteiger partial charge in [-0.25, -0.2) is 9.97 Å². The number of benzene rings is 8. The standard InChI is InChI=1S/C61H44N4/c1-61(2)51-24-12-9-20-46(51)47-34-30-42(37-52(47)61)60-62-53(39-16-5-3-6-17-39)38-54(63-60)40-28-32-44(33-29-40)65-56-26-14-11-22-49(56)59-45(23-15-27-58(59)65)41-31-35-57-50(36-41)48-21-10-13-25-55(48)64(57)43-18-7-4-8-19-43/h3-30,32-38,41H,31H2,1-2H3. The molecule has 2 aliphatic carbocycles. The van der Waals surface area contributed by atoms with Crippen molar-refractivity contribution in [1.29, 1.82) is 0 Å². The summed E-state index contributed by atoms with van der Waals surface area (Å²) in [4.78, 5) is 10.5. The summed E-state index contributed by atoms with van der Waals surface area (Å²) in [6.45, 7) is 4.64. The van der Waals surface area contributed by atoms with Crippen molar-refractivity contribution in [2.45, 2.75) is 31.6 Å². The number of hydrogen-bond donors (Lipinski definition) is 0. The van der Waals surface area contributed by atoms with Crippen molar-refractivity contribution in [1.82, 2.24) is 19.1 Å². The van der Waals surface area contributed by atoms with Crippen LogP contribution in [0.15, 0.2) is 200 Å². The van der Waals surface area contributed by atoms with Crippen LogP contribution in [0.2, 0.25) is 0 Å². The van der Waals surface area contributed by atoms with Crippen LogP contribution >= 0.6 is 0 Å². The molecular formula is C61H44N4. The maximum Gasteiger partial charge on any atom is 0.160 e. The first-order valence-corrected chi connectivity index (χ1v) is 22.7. The average Bonchev–Trinajstić information content (AvgIpc) is 3.97. The lowest BCUT2D eigenvalue weighted by atomic mass is 9.82. The summed E-state index contributed by atoms with van der Waals surface area (Å²) in [5.41, 5.74) is 17.4. The SMILES string of the molecule is CC1(C)c2ccccc2-c2ccc(-c3nc(-c4ccccc4)cc(-c4ccc(-n5c6ccccc6c6c(C7C=c8c(n(-c9ccccc9)c9ccccc89)=CC7)cccc65)cc4)n3)cc21. The Balaban J connectivity index is 0.915. The second-order valence-corrected chi connectivity index (χ2v) is 18.1.